The van der Waals surface area contributed by atoms with Crippen LogP contribution in [0.25, 0.3) is 0 Å². The molecule has 1 spiro atoms. The lowest BCUT2D eigenvalue weighted by molar-refractivity contribution is -0.151. The molecule has 1 unspecified atom stereocenters. The molecule has 0 aromatic rings. The number of likely N-dealkylation sites (tertiary alicyclic amines) is 1. The Morgan fingerprint density at radius 1 is 1.28 bits per heavy atom. The highest BCUT2D eigenvalue weighted by molar-refractivity contribution is 9.09. The van der Waals surface area contributed by atoms with Gasteiger partial charge in [-0.1, -0.05) is 41.3 Å². The van der Waals surface area contributed by atoms with Crippen LogP contribution in [-0.2, 0) is 19.1 Å². The zero-order valence-electron chi connectivity index (χ0n) is 18.3. The van der Waals surface area contributed by atoms with Gasteiger partial charge < -0.3 is 24.7 Å². The number of rotatable bonds is 9. The van der Waals surface area contributed by atoms with Gasteiger partial charge in [0.15, 0.2) is 0 Å². The molecule has 4 aliphatic rings. The number of carboxylic acid groups (broad SMARTS) is 1. The molecule has 0 radical (unpaired) electrons. The second-order valence-corrected chi connectivity index (χ2v) is 10.7. The van der Waals surface area contributed by atoms with Crippen LogP contribution in [0.5, 0.6) is 0 Å². The van der Waals surface area contributed by atoms with Gasteiger partial charge in [0, 0.05) is 30.6 Å². The number of halogens is 1. The molecule has 4 rings (SSSR count). The summed E-state index contributed by atoms with van der Waals surface area (Å²) in [4.78, 5) is 43.0. The number of fused-ring (bicyclic) bond motifs is 1. The SMILES string of the molecule is C=CCN(C(=O)[C@@H]1N(CCCCO)C(=O)[C@H]2[C@H](C(=O)O)[C@H]3O[C@@]12CC3Br)C1CCCCC1. The van der Waals surface area contributed by atoms with Crippen molar-refractivity contribution < 1.29 is 29.3 Å². The standard InChI is InChI=1S/C23H33BrN2O6/c1-2-10-25(14-8-4-3-5-9-14)21(29)19-23-13-15(24)18(32-23)16(22(30)31)17(23)20(28)26(19)11-6-7-12-27/h2,14-19,27H,1,3-13H2,(H,30,31)/t15?,16-,17+,18-,19-,23+/m0/s1. The molecule has 32 heavy (non-hydrogen) atoms. The molecule has 2 bridgehead atoms. The number of aliphatic hydroxyl groups is 1. The van der Waals surface area contributed by atoms with Crippen LogP contribution in [0, 0.1) is 11.8 Å². The summed E-state index contributed by atoms with van der Waals surface area (Å²) in [5, 5.41) is 19.1. The van der Waals surface area contributed by atoms with E-state index in [4.69, 9.17) is 4.74 Å². The largest absolute Gasteiger partial charge is 0.481 e. The molecule has 1 saturated carbocycles. The summed E-state index contributed by atoms with van der Waals surface area (Å²) in [6, 6.07) is -0.761. The molecular weight excluding hydrogens is 480 g/mol. The zero-order chi connectivity index (χ0) is 23.0. The molecule has 178 valence electrons. The number of hydrogen-bond donors (Lipinski definition) is 2. The molecule has 2 amide bonds. The fourth-order valence-corrected chi connectivity index (χ4v) is 7.38. The number of carboxylic acids is 1. The predicted molar refractivity (Wildman–Crippen MR) is 120 cm³/mol. The normalized spacial score (nSPS) is 36.4. The molecule has 3 heterocycles. The van der Waals surface area contributed by atoms with Gasteiger partial charge in [-0.05, 0) is 32.1 Å². The summed E-state index contributed by atoms with van der Waals surface area (Å²) >= 11 is 3.57. The van der Waals surface area contributed by atoms with Crippen molar-refractivity contribution in [3.8, 4) is 0 Å². The van der Waals surface area contributed by atoms with Gasteiger partial charge in [-0.25, -0.2) is 0 Å². The Bertz CT molecular complexity index is 772. The number of carbonyl (C=O) groups excluding carboxylic acids is 2. The maximum atomic E-state index is 14.1. The fourth-order valence-electron chi connectivity index (χ4n) is 6.43. The summed E-state index contributed by atoms with van der Waals surface area (Å²) in [5.41, 5.74) is -1.14. The van der Waals surface area contributed by atoms with E-state index < -0.39 is 35.6 Å². The third-order valence-electron chi connectivity index (χ3n) is 7.74. The predicted octanol–water partition coefficient (Wildman–Crippen LogP) is 1.94. The van der Waals surface area contributed by atoms with E-state index in [0.29, 0.717) is 32.4 Å². The van der Waals surface area contributed by atoms with Crippen molar-refractivity contribution in [2.45, 2.75) is 80.0 Å². The Hall–Kier alpha value is -1.45. The number of carbonyl (C=O) groups is 3. The fraction of sp³-hybridized carbons (Fsp3) is 0.783. The van der Waals surface area contributed by atoms with Crippen molar-refractivity contribution in [3.05, 3.63) is 12.7 Å². The number of aliphatic hydroxyl groups excluding tert-OH is 1. The van der Waals surface area contributed by atoms with Crippen molar-refractivity contribution in [1.29, 1.82) is 0 Å². The topological polar surface area (TPSA) is 107 Å². The summed E-state index contributed by atoms with van der Waals surface area (Å²) in [7, 11) is 0. The van der Waals surface area contributed by atoms with Gasteiger partial charge >= 0.3 is 5.97 Å². The number of amides is 2. The molecule has 6 atom stereocenters. The lowest BCUT2D eigenvalue weighted by Crippen LogP contribution is -2.58. The van der Waals surface area contributed by atoms with Gasteiger partial charge in [0.2, 0.25) is 11.8 Å². The molecular formula is C23H33BrN2O6. The van der Waals surface area contributed by atoms with Crippen LogP contribution in [0.4, 0.5) is 0 Å². The van der Waals surface area contributed by atoms with Gasteiger partial charge in [-0.15, -0.1) is 6.58 Å². The minimum Gasteiger partial charge on any atom is -0.481 e. The molecule has 0 aromatic carbocycles. The average Bonchev–Trinajstić information content (AvgIpc) is 3.36. The highest BCUT2D eigenvalue weighted by Crippen LogP contribution is 2.60. The Kier molecular flexibility index (Phi) is 6.98. The number of nitrogens with zero attached hydrogens (tertiary/aromatic N) is 2. The number of ether oxygens (including phenoxy) is 1. The first-order valence-corrected chi connectivity index (χ1v) is 12.7. The van der Waals surface area contributed by atoms with Crippen molar-refractivity contribution in [3.63, 3.8) is 0 Å². The molecule has 4 fully saturated rings. The molecule has 9 heteroatoms. The second kappa shape index (κ2) is 9.43. The van der Waals surface area contributed by atoms with Crippen LogP contribution >= 0.6 is 15.9 Å². The second-order valence-electron chi connectivity index (χ2n) is 9.54. The van der Waals surface area contributed by atoms with E-state index >= 15 is 0 Å². The maximum absolute atomic E-state index is 14.1. The monoisotopic (exact) mass is 512 g/mol. The van der Waals surface area contributed by atoms with E-state index in [9.17, 15) is 24.6 Å². The van der Waals surface area contributed by atoms with Crippen LogP contribution < -0.4 is 0 Å². The van der Waals surface area contributed by atoms with E-state index in [-0.39, 0.29) is 29.3 Å². The highest BCUT2D eigenvalue weighted by atomic mass is 79.9. The quantitative estimate of drug-likeness (QED) is 0.277. The minimum atomic E-state index is -1.14. The van der Waals surface area contributed by atoms with E-state index in [0.717, 1.165) is 32.1 Å². The lowest BCUT2D eigenvalue weighted by atomic mass is 9.70. The highest BCUT2D eigenvalue weighted by Gasteiger charge is 2.76. The van der Waals surface area contributed by atoms with Crippen molar-refractivity contribution in [1.82, 2.24) is 9.80 Å². The Labute approximate surface area is 197 Å². The van der Waals surface area contributed by atoms with Crippen LogP contribution in [0.1, 0.15) is 51.4 Å². The van der Waals surface area contributed by atoms with Crippen molar-refractivity contribution in [2.75, 3.05) is 19.7 Å². The third-order valence-corrected chi connectivity index (χ3v) is 8.58. The molecule has 8 nitrogen and oxygen atoms in total. The molecule has 3 aliphatic heterocycles. The smallest absolute Gasteiger partial charge is 0.310 e. The summed E-state index contributed by atoms with van der Waals surface area (Å²) < 4.78 is 6.31. The average molecular weight is 513 g/mol. The van der Waals surface area contributed by atoms with E-state index in [1.54, 1.807) is 11.0 Å². The van der Waals surface area contributed by atoms with E-state index in [2.05, 4.69) is 22.5 Å². The van der Waals surface area contributed by atoms with Gasteiger partial charge in [-0.3, -0.25) is 14.4 Å². The van der Waals surface area contributed by atoms with Crippen LogP contribution in [0.2, 0.25) is 0 Å². The number of aliphatic carboxylic acids is 1. The molecule has 3 saturated heterocycles. The van der Waals surface area contributed by atoms with Crippen LogP contribution in [0.3, 0.4) is 0 Å². The van der Waals surface area contributed by atoms with E-state index in [1.807, 2.05) is 4.90 Å². The Morgan fingerprint density at radius 2 is 2.00 bits per heavy atom. The first kappa shape index (κ1) is 23.7. The van der Waals surface area contributed by atoms with Gasteiger partial charge in [0.25, 0.3) is 0 Å². The van der Waals surface area contributed by atoms with E-state index in [1.165, 1.54) is 0 Å². The van der Waals surface area contributed by atoms with Crippen molar-refractivity contribution >= 4 is 33.7 Å². The van der Waals surface area contributed by atoms with Crippen molar-refractivity contribution in [2.24, 2.45) is 11.8 Å². The third kappa shape index (κ3) is 3.70. The summed E-state index contributed by atoms with van der Waals surface area (Å²) in [5.74, 6) is -3.36. The minimum absolute atomic E-state index is 0.000320. The van der Waals surface area contributed by atoms with Crippen LogP contribution in [0.15, 0.2) is 12.7 Å². The summed E-state index contributed by atoms with van der Waals surface area (Å²) in [6.07, 6.45) is 7.69. The van der Waals surface area contributed by atoms with Gasteiger partial charge in [0.1, 0.15) is 11.6 Å². The number of hydrogen-bond acceptors (Lipinski definition) is 5. The Balaban J connectivity index is 1.72. The first-order chi connectivity index (χ1) is 15.4. The maximum Gasteiger partial charge on any atom is 0.310 e. The summed E-state index contributed by atoms with van der Waals surface area (Å²) in [6.45, 7) is 4.53. The first-order valence-electron chi connectivity index (χ1n) is 11.7. The number of alkyl halides is 1. The number of unbranched alkanes of at least 4 members (excludes halogenated alkanes) is 1. The lowest BCUT2D eigenvalue weighted by Gasteiger charge is -2.41. The van der Waals surface area contributed by atoms with Crippen LogP contribution in [-0.4, -0.2) is 86.1 Å². The Morgan fingerprint density at radius 3 is 2.62 bits per heavy atom. The van der Waals surface area contributed by atoms with Gasteiger partial charge in [0.05, 0.1) is 17.9 Å². The molecule has 1 aliphatic carbocycles. The zero-order valence-corrected chi connectivity index (χ0v) is 19.9. The molecule has 0 aromatic heterocycles. The van der Waals surface area contributed by atoms with Gasteiger partial charge in [-0.2, -0.15) is 0 Å². The molecule has 2 N–H and O–H groups in total.